The van der Waals surface area contributed by atoms with Crippen LogP contribution in [-0.4, -0.2) is 30.4 Å². The number of carbonyl (C=O) groups is 1. The Balaban J connectivity index is 1.57. The molecule has 4 rings (SSSR count). The quantitative estimate of drug-likeness (QED) is 0.680. The minimum atomic E-state index is -0.401. The summed E-state index contributed by atoms with van der Waals surface area (Å²) in [6.07, 6.45) is 2.27. The van der Waals surface area contributed by atoms with Gasteiger partial charge in [-0.3, -0.25) is 14.5 Å². The Bertz CT molecular complexity index is 1100. The first-order valence-corrected chi connectivity index (χ1v) is 10.2. The summed E-state index contributed by atoms with van der Waals surface area (Å²) in [5, 5.41) is 4.09. The Morgan fingerprint density at radius 1 is 1.17 bits per heavy atom. The summed E-state index contributed by atoms with van der Waals surface area (Å²) in [5.74, 6) is -0.380. The average molecular weight is 411 g/mol. The van der Waals surface area contributed by atoms with Gasteiger partial charge in [-0.2, -0.15) is 0 Å². The zero-order valence-electron chi connectivity index (χ0n) is 16.3. The molecule has 0 saturated carbocycles. The van der Waals surface area contributed by atoms with Crippen molar-refractivity contribution in [1.82, 2.24) is 10.2 Å². The van der Waals surface area contributed by atoms with E-state index in [9.17, 15) is 9.59 Å². The van der Waals surface area contributed by atoms with E-state index in [0.717, 1.165) is 37.1 Å². The number of amides is 1. The van der Waals surface area contributed by atoms with Gasteiger partial charge in [0.05, 0.1) is 11.4 Å². The first-order chi connectivity index (χ1) is 14.0. The van der Waals surface area contributed by atoms with Crippen molar-refractivity contribution >= 4 is 28.5 Å². The minimum absolute atomic E-state index is 0.0208. The van der Waals surface area contributed by atoms with Gasteiger partial charge in [-0.05, 0) is 62.2 Å². The average Bonchev–Trinajstić information content (AvgIpc) is 3.23. The number of carbonyl (C=O) groups excluding carboxylic acids is 1. The fraction of sp³-hybridized carbons (Fsp3) is 0.304. The van der Waals surface area contributed by atoms with Crippen LogP contribution >= 0.6 is 11.6 Å². The van der Waals surface area contributed by atoms with Gasteiger partial charge in [0.1, 0.15) is 5.58 Å². The summed E-state index contributed by atoms with van der Waals surface area (Å²) >= 11 is 6.43. The van der Waals surface area contributed by atoms with Crippen LogP contribution in [0.5, 0.6) is 0 Å². The number of benzene rings is 2. The molecule has 1 aromatic heterocycles. The molecular weight excluding hydrogens is 388 g/mol. The van der Waals surface area contributed by atoms with Gasteiger partial charge in [0.2, 0.25) is 0 Å². The number of fused-ring (bicyclic) bond motifs is 1. The normalized spacial score (nSPS) is 15.5. The zero-order chi connectivity index (χ0) is 20.4. The predicted octanol–water partition coefficient (Wildman–Crippen LogP) is 4.32. The topological polar surface area (TPSA) is 62.6 Å². The number of aryl methyl sites for hydroxylation is 1. The molecule has 29 heavy (non-hydrogen) atoms. The van der Waals surface area contributed by atoms with Crippen LogP contribution in [0.4, 0.5) is 0 Å². The molecule has 1 aliphatic rings. The maximum absolute atomic E-state index is 12.8. The molecule has 0 bridgehead atoms. The molecule has 2 aromatic carbocycles. The number of nitrogens with one attached hydrogen (secondary N) is 1. The maximum atomic E-state index is 12.8. The molecule has 0 aliphatic carbocycles. The molecule has 0 radical (unpaired) electrons. The molecule has 1 N–H and O–H groups in total. The molecule has 150 valence electrons. The van der Waals surface area contributed by atoms with Crippen LogP contribution in [0.1, 0.15) is 40.6 Å². The fourth-order valence-corrected chi connectivity index (χ4v) is 4.15. The largest absolute Gasteiger partial charge is 0.451 e. The van der Waals surface area contributed by atoms with Crippen molar-refractivity contribution in [3.63, 3.8) is 0 Å². The van der Waals surface area contributed by atoms with Gasteiger partial charge < -0.3 is 9.73 Å². The molecule has 1 saturated heterocycles. The number of nitrogens with zero attached hydrogens (tertiary/aromatic N) is 1. The highest BCUT2D eigenvalue weighted by Gasteiger charge is 2.26. The SMILES string of the molecule is Cc1ccc2c(=O)cc(C(=O)NC[C@H](c3ccccc3Cl)N3CCCC3)oc2c1. The van der Waals surface area contributed by atoms with Crippen LogP contribution in [0.25, 0.3) is 11.0 Å². The first-order valence-electron chi connectivity index (χ1n) is 9.84. The van der Waals surface area contributed by atoms with Gasteiger partial charge >= 0.3 is 0 Å². The first kappa shape index (κ1) is 19.7. The molecule has 2 heterocycles. The Labute approximate surface area is 174 Å². The lowest BCUT2D eigenvalue weighted by molar-refractivity contribution is 0.0910. The van der Waals surface area contributed by atoms with Gasteiger partial charge in [-0.15, -0.1) is 0 Å². The van der Waals surface area contributed by atoms with Crippen LogP contribution in [0.15, 0.2) is 57.7 Å². The van der Waals surface area contributed by atoms with Crippen molar-refractivity contribution in [1.29, 1.82) is 0 Å². The summed E-state index contributed by atoms with van der Waals surface area (Å²) in [7, 11) is 0. The van der Waals surface area contributed by atoms with E-state index in [-0.39, 0.29) is 17.2 Å². The lowest BCUT2D eigenvalue weighted by Crippen LogP contribution is -2.37. The molecular formula is C23H23ClN2O3. The standard InChI is InChI=1S/C23H23ClN2O3/c1-15-8-9-17-20(27)13-22(29-21(17)12-15)23(28)25-14-19(26-10-4-5-11-26)16-6-2-3-7-18(16)24/h2-3,6-9,12-13,19H,4-5,10-11,14H2,1H3,(H,25,28)/t19-/m1/s1. The van der Waals surface area contributed by atoms with Crippen molar-refractivity contribution in [2.24, 2.45) is 0 Å². The highest BCUT2D eigenvalue weighted by molar-refractivity contribution is 6.31. The third-order valence-corrected chi connectivity index (χ3v) is 5.75. The van der Waals surface area contributed by atoms with E-state index < -0.39 is 5.91 Å². The van der Waals surface area contributed by atoms with Crippen molar-refractivity contribution in [2.75, 3.05) is 19.6 Å². The third-order valence-electron chi connectivity index (χ3n) is 5.41. The lowest BCUT2D eigenvalue weighted by Gasteiger charge is -2.28. The zero-order valence-corrected chi connectivity index (χ0v) is 17.0. The van der Waals surface area contributed by atoms with E-state index in [1.54, 1.807) is 12.1 Å². The van der Waals surface area contributed by atoms with Crippen molar-refractivity contribution in [2.45, 2.75) is 25.8 Å². The molecule has 0 spiro atoms. The Kier molecular flexibility index (Phi) is 5.69. The molecule has 1 amide bonds. The lowest BCUT2D eigenvalue weighted by atomic mass is 10.1. The minimum Gasteiger partial charge on any atom is -0.451 e. The molecule has 1 fully saturated rings. The van der Waals surface area contributed by atoms with Crippen molar-refractivity contribution in [3.8, 4) is 0 Å². The van der Waals surface area contributed by atoms with E-state index in [2.05, 4.69) is 10.2 Å². The third kappa shape index (κ3) is 4.21. The molecule has 3 aromatic rings. The predicted molar refractivity (Wildman–Crippen MR) is 115 cm³/mol. The van der Waals surface area contributed by atoms with Crippen LogP contribution in [-0.2, 0) is 0 Å². The van der Waals surface area contributed by atoms with Crippen LogP contribution in [0, 0.1) is 6.92 Å². The summed E-state index contributed by atoms with van der Waals surface area (Å²) in [4.78, 5) is 27.5. The van der Waals surface area contributed by atoms with Crippen molar-refractivity contribution in [3.05, 3.63) is 80.7 Å². The molecule has 1 aliphatic heterocycles. The van der Waals surface area contributed by atoms with E-state index in [4.69, 9.17) is 16.0 Å². The number of likely N-dealkylation sites (tertiary alicyclic amines) is 1. The smallest absolute Gasteiger partial charge is 0.287 e. The van der Waals surface area contributed by atoms with E-state index >= 15 is 0 Å². The van der Waals surface area contributed by atoms with Gasteiger partial charge in [0.15, 0.2) is 11.2 Å². The van der Waals surface area contributed by atoms with E-state index in [1.165, 1.54) is 6.07 Å². The highest BCUT2D eigenvalue weighted by Crippen LogP contribution is 2.29. The maximum Gasteiger partial charge on any atom is 0.287 e. The van der Waals surface area contributed by atoms with Gasteiger partial charge in [0.25, 0.3) is 5.91 Å². The number of hydrogen-bond acceptors (Lipinski definition) is 4. The molecule has 0 unspecified atom stereocenters. The van der Waals surface area contributed by atoms with Crippen LogP contribution < -0.4 is 10.7 Å². The number of hydrogen-bond donors (Lipinski definition) is 1. The van der Waals surface area contributed by atoms with E-state index in [0.29, 0.717) is 22.5 Å². The number of rotatable bonds is 5. The summed E-state index contributed by atoms with van der Waals surface area (Å²) < 4.78 is 5.72. The Hall–Kier alpha value is -2.63. The summed E-state index contributed by atoms with van der Waals surface area (Å²) in [5.41, 5.74) is 2.15. The number of halogens is 1. The molecule has 5 nitrogen and oxygen atoms in total. The second kappa shape index (κ2) is 8.39. The Morgan fingerprint density at radius 3 is 2.69 bits per heavy atom. The van der Waals surface area contributed by atoms with E-state index in [1.807, 2.05) is 37.3 Å². The Morgan fingerprint density at radius 2 is 1.93 bits per heavy atom. The highest BCUT2D eigenvalue weighted by atomic mass is 35.5. The molecule has 1 atom stereocenters. The summed E-state index contributed by atoms with van der Waals surface area (Å²) in [6.45, 7) is 4.24. The fourth-order valence-electron chi connectivity index (χ4n) is 3.89. The van der Waals surface area contributed by atoms with Crippen LogP contribution in [0.3, 0.4) is 0 Å². The van der Waals surface area contributed by atoms with Gasteiger partial charge in [-0.1, -0.05) is 35.9 Å². The second-order valence-corrected chi connectivity index (χ2v) is 7.87. The van der Waals surface area contributed by atoms with Gasteiger partial charge in [0, 0.05) is 17.6 Å². The molecule has 6 heteroatoms. The monoisotopic (exact) mass is 410 g/mol. The summed E-state index contributed by atoms with van der Waals surface area (Å²) in [6, 6.07) is 14.3. The van der Waals surface area contributed by atoms with Gasteiger partial charge in [-0.25, -0.2) is 0 Å². The van der Waals surface area contributed by atoms with Crippen LogP contribution in [0.2, 0.25) is 5.02 Å². The van der Waals surface area contributed by atoms with Crippen molar-refractivity contribution < 1.29 is 9.21 Å². The second-order valence-electron chi connectivity index (χ2n) is 7.46.